The molecule has 0 amide bonds. The van der Waals surface area contributed by atoms with Gasteiger partial charge in [-0.15, -0.1) is 0 Å². The van der Waals surface area contributed by atoms with Gasteiger partial charge in [0.15, 0.2) is 0 Å². The Morgan fingerprint density at radius 1 is 1.13 bits per heavy atom. The van der Waals surface area contributed by atoms with E-state index in [-0.39, 0.29) is 5.92 Å². The fourth-order valence-electron chi connectivity index (χ4n) is 2.72. The van der Waals surface area contributed by atoms with E-state index in [9.17, 15) is 4.79 Å². The van der Waals surface area contributed by atoms with Crippen LogP contribution in [0.2, 0.25) is 0 Å². The van der Waals surface area contributed by atoms with Gasteiger partial charge < -0.3 is 0 Å². The Labute approximate surface area is 91.5 Å². The van der Waals surface area contributed by atoms with Crippen molar-refractivity contribution in [2.75, 3.05) is 0 Å². The summed E-state index contributed by atoms with van der Waals surface area (Å²) < 4.78 is 0. The molecule has 2 unspecified atom stereocenters. The zero-order valence-corrected chi connectivity index (χ0v) is 9.28. The summed E-state index contributed by atoms with van der Waals surface area (Å²) >= 11 is 0. The van der Waals surface area contributed by atoms with Gasteiger partial charge >= 0.3 is 0 Å². The van der Waals surface area contributed by atoms with Gasteiger partial charge in [0.05, 0.1) is 0 Å². The first-order valence-corrected chi connectivity index (χ1v) is 5.84. The predicted octanol–water partition coefficient (Wildman–Crippen LogP) is 3.55. The van der Waals surface area contributed by atoms with E-state index in [0.717, 1.165) is 6.42 Å². The zero-order chi connectivity index (χ0) is 10.7. The minimum atomic E-state index is 0.265. The van der Waals surface area contributed by atoms with Gasteiger partial charge in [0, 0.05) is 5.92 Å². The second-order valence-electron chi connectivity index (χ2n) is 4.52. The van der Waals surface area contributed by atoms with Crippen LogP contribution in [0.15, 0.2) is 30.3 Å². The average Bonchev–Trinajstić information content (AvgIpc) is 2.30. The van der Waals surface area contributed by atoms with Crippen molar-refractivity contribution < 1.29 is 4.79 Å². The lowest BCUT2D eigenvalue weighted by Crippen LogP contribution is -2.23. The number of ketones is 1. The van der Waals surface area contributed by atoms with Gasteiger partial charge in [-0.1, -0.05) is 43.2 Å². The van der Waals surface area contributed by atoms with E-state index in [1.807, 2.05) is 6.07 Å². The number of hydrogen-bond donors (Lipinski definition) is 0. The van der Waals surface area contributed by atoms with E-state index in [4.69, 9.17) is 0 Å². The molecule has 1 aromatic rings. The van der Waals surface area contributed by atoms with Crippen LogP contribution in [0.5, 0.6) is 0 Å². The van der Waals surface area contributed by atoms with Gasteiger partial charge in [0.25, 0.3) is 0 Å². The molecule has 0 N–H and O–H groups in total. The number of carbonyl (C=O) groups is 1. The van der Waals surface area contributed by atoms with Crippen molar-refractivity contribution in [1.29, 1.82) is 0 Å². The quantitative estimate of drug-likeness (QED) is 0.716. The Bertz CT molecular complexity index is 328. The highest BCUT2D eigenvalue weighted by Crippen LogP contribution is 2.37. The molecule has 1 saturated carbocycles. The number of hydrogen-bond acceptors (Lipinski definition) is 1. The molecule has 2 atom stereocenters. The van der Waals surface area contributed by atoms with E-state index in [1.54, 1.807) is 6.92 Å². The summed E-state index contributed by atoms with van der Waals surface area (Å²) in [6.07, 6.45) is 4.74. The van der Waals surface area contributed by atoms with Gasteiger partial charge in [-0.3, -0.25) is 4.79 Å². The first-order chi connectivity index (χ1) is 7.29. The normalized spacial score (nSPS) is 26.2. The molecule has 1 fully saturated rings. The molecule has 2 rings (SSSR count). The van der Waals surface area contributed by atoms with E-state index >= 15 is 0 Å². The Kier molecular flexibility index (Phi) is 3.20. The van der Waals surface area contributed by atoms with Crippen LogP contribution in [0.4, 0.5) is 0 Å². The lowest BCUT2D eigenvalue weighted by Gasteiger charge is -2.30. The molecule has 0 radical (unpaired) electrons. The fraction of sp³-hybridized carbons (Fsp3) is 0.500. The summed E-state index contributed by atoms with van der Waals surface area (Å²) in [6, 6.07) is 10.5. The van der Waals surface area contributed by atoms with E-state index < -0.39 is 0 Å². The van der Waals surface area contributed by atoms with Crippen LogP contribution >= 0.6 is 0 Å². The summed E-state index contributed by atoms with van der Waals surface area (Å²) in [5.41, 5.74) is 1.34. The maximum atomic E-state index is 11.6. The highest BCUT2D eigenvalue weighted by atomic mass is 16.1. The fourth-order valence-corrected chi connectivity index (χ4v) is 2.72. The molecule has 1 aromatic carbocycles. The molecule has 1 aliphatic rings. The highest BCUT2D eigenvalue weighted by Gasteiger charge is 2.29. The number of benzene rings is 1. The molecule has 1 aliphatic carbocycles. The zero-order valence-electron chi connectivity index (χ0n) is 9.28. The van der Waals surface area contributed by atoms with Crippen LogP contribution in [0, 0.1) is 5.92 Å². The van der Waals surface area contributed by atoms with Crippen molar-refractivity contribution >= 4 is 5.78 Å². The Morgan fingerprint density at radius 3 is 2.47 bits per heavy atom. The molecule has 80 valence electrons. The summed E-state index contributed by atoms with van der Waals surface area (Å²) in [4.78, 5) is 11.6. The van der Waals surface area contributed by atoms with Gasteiger partial charge in [0.1, 0.15) is 5.78 Å². The van der Waals surface area contributed by atoms with E-state index in [2.05, 4.69) is 24.3 Å². The maximum Gasteiger partial charge on any atom is 0.133 e. The van der Waals surface area contributed by atoms with Gasteiger partial charge in [0.2, 0.25) is 0 Å². The van der Waals surface area contributed by atoms with Crippen LogP contribution in [-0.4, -0.2) is 5.78 Å². The lowest BCUT2D eigenvalue weighted by molar-refractivity contribution is -0.122. The summed E-state index contributed by atoms with van der Waals surface area (Å²) in [6.45, 7) is 1.74. The Hall–Kier alpha value is -1.11. The summed E-state index contributed by atoms with van der Waals surface area (Å²) in [7, 11) is 0. The van der Waals surface area contributed by atoms with Gasteiger partial charge in [-0.2, -0.15) is 0 Å². The molecule has 0 heterocycles. The average molecular weight is 202 g/mol. The van der Waals surface area contributed by atoms with Crippen LogP contribution in [0.1, 0.15) is 44.1 Å². The molecule has 1 nitrogen and oxygen atoms in total. The van der Waals surface area contributed by atoms with Crippen LogP contribution in [0.3, 0.4) is 0 Å². The second-order valence-corrected chi connectivity index (χ2v) is 4.52. The summed E-state index contributed by atoms with van der Waals surface area (Å²) in [5.74, 6) is 1.10. The van der Waals surface area contributed by atoms with Gasteiger partial charge in [-0.05, 0) is 31.2 Å². The van der Waals surface area contributed by atoms with Crippen molar-refractivity contribution in [3.8, 4) is 0 Å². The Morgan fingerprint density at radius 2 is 1.80 bits per heavy atom. The van der Waals surface area contributed by atoms with Crippen molar-refractivity contribution in [3.63, 3.8) is 0 Å². The molecule has 0 aliphatic heterocycles. The number of rotatable bonds is 2. The lowest BCUT2D eigenvalue weighted by atomic mass is 9.74. The third-order valence-electron chi connectivity index (χ3n) is 3.52. The van der Waals surface area contributed by atoms with Crippen molar-refractivity contribution in [2.45, 2.75) is 38.5 Å². The number of carbonyl (C=O) groups excluding carboxylic acids is 1. The third-order valence-corrected chi connectivity index (χ3v) is 3.52. The molecular weight excluding hydrogens is 184 g/mol. The maximum absolute atomic E-state index is 11.6. The van der Waals surface area contributed by atoms with Crippen molar-refractivity contribution in [1.82, 2.24) is 0 Å². The smallest absolute Gasteiger partial charge is 0.133 e. The topological polar surface area (TPSA) is 17.1 Å². The molecule has 0 aromatic heterocycles. The second kappa shape index (κ2) is 4.61. The molecular formula is C14H18O. The van der Waals surface area contributed by atoms with Crippen LogP contribution < -0.4 is 0 Å². The highest BCUT2D eigenvalue weighted by molar-refractivity contribution is 5.79. The van der Waals surface area contributed by atoms with Crippen molar-refractivity contribution in [2.24, 2.45) is 5.92 Å². The van der Waals surface area contributed by atoms with Gasteiger partial charge in [-0.25, -0.2) is 0 Å². The summed E-state index contributed by atoms with van der Waals surface area (Å²) in [5, 5.41) is 0. The molecule has 1 heteroatoms. The molecule has 0 spiro atoms. The first-order valence-electron chi connectivity index (χ1n) is 5.84. The van der Waals surface area contributed by atoms with Crippen LogP contribution in [0.25, 0.3) is 0 Å². The SMILES string of the molecule is CC(=O)C1CCCCC1c1ccccc1. The minimum Gasteiger partial charge on any atom is -0.300 e. The molecule has 0 saturated heterocycles. The Balaban J connectivity index is 2.22. The standard InChI is InChI=1S/C14H18O/c1-11(15)13-9-5-6-10-14(13)12-7-3-2-4-8-12/h2-4,7-8,13-14H,5-6,9-10H2,1H3. The molecule has 15 heavy (non-hydrogen) atoms. The molecule has 0 bridgehead atoms. The third kappa shape index (κ3) is 2.28. The largest absolute Gasteiger partial charge is 0.300 e. The minimum absolute atomic E-state index is 0.265. The van der Waals surface area contributed by atoms with E-state index in [0.29, 0.717) is 11.7 Å². The monoisotopic (exact) mass is 202 g/mol. The van der Waals surface area contributed by atoms with Crippen LogP contribution in [-0.2, 0) is 4.79 Å². The first kappa shape index (κ1) is 10.4. The van der Waals surface area contributed by atoms with E-state index in [1.165, 1.54) is 24.8 Å². The predicted molar refractivity (Wildman–Crippen MR) is 61.8 cm³/mol. The number of Topliss-reactive ketones (excluding diaryl/α,β-unsaturated/α-hetero) is 1. The van der Waals surface area contributed by atoms with Crippen molar-refractivity contribution in [3.05, 3.63) is 35.9 Å².